The fourth-order valence-electron chi connectivity index (χ4n) is 2.89. The molecule has 2 saturated heterocycles. The van der Waals surface area contributed by atoms with Gasteiger partial charge in [-0.2, -0.15) is 0 Å². The summed E-state index contributed by atoms with van der Waals surface area (Å²) in [7, 11) is -0.382. The van der Waals surface area contributed by atoms with Gasteiger partial charge in [-0.15, -0.1) is 0 Å². The number of nitrogens with zero attached hydrogens (tertiary/aromatic N) is 2. The van der Waals surface area contributed by atoms with Gasteiger partial charge in [0.25, 0.3) is 0 Å². The summed E-state index contributed by atoms with van der Waals surface area (Å²) >= 11 is 0. The van der Waals surface area contributed by atoms with Crippen molar-refractivity contribution in [3.8, 4) is 5.88 Å². The molecule has 0 aliphatic carbocycles. The van der Waals surface area contributed by atoms with E-state index in [0.717, 1.165) is 44.7 Å². The number of hydrogen-bond acceptors (Lipinski definition) is 6. The molecule has 7 heteroatoms. The third-order valence-corrected chi connectivity index (χ3v) is 5.26. The Labute approximate surface area is 150 Å². The monoisotopic (exact) mass is 348 g/mol. The molecule has 1 aromatic rings. The highest BCUT2D eigenvalue weighted by atomic mass is 16.7. The third-order valence-electron chi connectivity index (χ3n) is 5.26. The van der Waals surface area contributed by atoms with E-state index in [1.165, 1.54) is 0 Å². The zero-order valence-corrected chi connectivity index (χ0v) is 15.8. The Morgan fingerprint density at radius 3 is 2.40 bits per heavy atom. The van der Waals surface area contributed by atoms with E-state index in [-0.39, 0.29) is 18.3 Å². The van der Waals surface area contributed by atoms with E-state index in [1.54, 1.807) is 6.20 Å². The molecule has 6 nitrogen and oxygen atoms in total. The summed E-state index contributed by atoms with van der Waals surface area (Å²) in [6, 6.07) is 3.85. The van der Waals surface area contributed by atoms with Crippen molar-refractivity contribution in [2.45, 2.75) is 45.3 Å². The van der Waals surface area contributed by atoms with Crippen LogP contribution in [0.2, 0.25) is 0 Å². The maximum atomic E-state index is 6.04. The van der Waals surface area contributed by atoms with Gasteiger partial charge in [0.15, 0.2) is 0 Å². The van der Waals surface area contributed by atoms with Crippen molar-refractivity contribution >= 4 is 12.6 Å². The highest BCUT2D eigenvalue weighted by Gasteiger charge is 2.51. The Balaban J connectivity index is 1.45. The summed E-state index contributed by atoms with van der Waals surface area (Å²) in [6.45, 7) is 13.6. The van der Waals surface area contributed by atoms with E-state index in [4.69, 9.17) is 18.8 Å². The molecule has 0 aromatic carbocycles. The molecule has 0 N–H and O–H groups in total. The molecule has 0 saturated carbocycles. The summed E-state index contributed by atoms with van der Waals surface area (Å²) in [5, 5.41) is 0. The van der Waals surface area contributed by atoms with Crippen LogP contribution in [0.15, 0.2) is 18.3 Å². The molecule has 0 amide bonds. The van der Waals surface area contributed by atoms with E-state index >= 15 is 0 Å². The van der Waals surface area contributed by atoms with Crippen LogP contribution in [0.1, 0.15) is 34.1 Å². The van der Waals surface area contributed by atoms with Gasteiger partial charge in [-0.05, 0) is 40.2 Å². The molecule has 0 atom stereocenters. The van der Waals surface area contributed by atoms with Crippen LogP contribution in [-0.4, -0.2) is 67.7 Å². The molecule has 0 spiro atoms. The molecular weight excluding hydrogens is 319 g/mol. The lowest BCUT2D eigenvalue weighted by Crippen LogP contribution is -2.41. The minimum absolute atomic E-state index is 0.341. The molecule has 0 radical (unpaired) electrons. The average molecular weight is 348 g/mol. The molecule has 0 bridgehead atoms. The lowest BCUT2D eigenvalue weighted by Gasteiger charge is -2.32. The number of ether oxygens (including phenoxy) is 2. The maximum Gasteiger partial charge on any atom is 0.496 e. The van der Waals surface area contributed by atoms with Crippen molar-refractivity contribution in [3.05, 3.63) is 18.3 Å². The van der Waals surface area contributed by atoms with Crippen LogP contribution >= 0.6 is 0 Å². The molecular formula is C18H29BN2O4. The zero-order valence-electron chi connectivity index (χ0n) is 15.8. The van der Waals surface area contributed by atoms with Gasteiger partial charge < -0.3 is 18.8 Å². The number of hydrogen-bond donors (Lipinski definition) is 0. The summed E-state index contributed by atoms with van der Waals surface area (Å²) in [6.07, 6.45) is 2.76. The van der Waals surface area contributed by atoms with E-state index in [0.29, 0.717) is 12.5 Å². The van der Waals surface area contributed by atoms with Gasteiger partial charge >= 0.3 is 7.12 Å². The van der Waals surface area contributed by atoms with Crippen molar-refractivity contribution in [3.63, 3.8) is 0 Å². The molecule has 2 fully saturated rings. The smallest absolute Gasteiger partial charge is 0.478 e. The van der Waals surface area contributed by atoms with Gasteiger partial charge in [0, 0.05) is 31.3 Å². The third kappa shape index (κ3) is 4.53. The fourth-order valence-corrected chi connectivity index (χ4v) is 2.89. The standard InChI is InChI=1S/C18H29BN2O4/c1-17(2)18(3,4)25-19(24-17)15-6-7-16(20-14-15)23-11-5-8-21-9-12-22-13-10-21/h6-7,14H,5,8-13H2,1-4H3. The van der Waals surface area contributed by atoms with Gasteiger partial charge in [0.05, 0.1) is 31.0 Å². The molecule has 1 aromatic heterocycles. The van der Waals surface area contributed by atoms with Crippen LogP contribution in [0.25, 0.3) is 0 Å². The predicted molar refractivity (Wildman–Crippen MR) is 97.3 cm³/mol. The van der Waals surface area contributed by atoms with Gasteiger partial charge in [-0.25, -0.2) is 4.98 Å². The summed E-state index contributed by atoms with van der Waals surface area (Å²) < 4.78 is 23.2. The van der Waals surface area contributed by atoms with Crippen LogP contribution in [0.4, 0.5) is 0 Å². The minimum atomic E-state index is -0.382. The lowest BCUT2D eigenvalue weighted by atomic mass is 9.80. The number of pyridine rings is 1. The Bertz CT molecular complexity index is 543. The predicted octanol–water partition coefficient (Wildman–Crippen LogP) is 1.48. The summed E-state index contributed by atoms with van der Waals surface area (Å²) in [5.74, 6) is 0.641. The van der Waals surface area contributed by atoms with Crippen LogP contribution in [0, 0.1) is 0 Å². The van der Waals surface area contributed by atoms with Crippen LogP contribution < -0.4 is 10.2 Å². The molecule has 3 heterocycles. The van der Waals surface area contributed by atoms with E-state index < -0.39 is 0 Å². The number of aromatic nitrogens is 1. The topological polar surface area (TPSA) is 53.1 Å². The van der Waals surface area contributed by atoms with Gasteiger partial charge in [0.1, 0.15) is 0 Å². The van der Waals surface area contributed by atoms with Crippen LogP contribution in [0.3, 0.4) is 0 Å². The van der Waals surface area contributed by atoms with E-state index in [2.05, 4.69) is 9.88 Å². The lowest BCUT2D eigenvalue weighted by molar-refractivity contribution is 0.00578. The molecule has 0 unspecified atom stereocenters. The molecule has 25 heavy (non-hydrogen) atoms. The largest absolute Gasteiger partial charge is 0.496 e. The Hall–Kier alpha value is -1.15. The molecule has 2 aliphatic rings. The second-order valence-electron chi connectivity index (χ2n) is 7.67. The zero-order chi connectivity index (χ0) is 17.9. The minimum Gasteiger partial charge on any atom is -0.478 e. The number of rotatable bonds is 6. The second kappa shape index (κ2) is 7.62. The first-order valence-corrected chi connectivity index (χ1v) is 9.12. The first-order valence-electron chi connectivity index (χ1n) is 9.12. The quantitative estimate of drug-likeness (QED) is 0.573. The van der Waals surface area contributed by atoms with E-state index in [1.807, 2.05) is 39.8 Å². The van der Waals surface area contributed by atoms with Crippen LogP contribution in [-0.2, 0) is 14.0 Å². The van der Waals surface area contributed by atoms with Crippen molar-refractivity contribution in [1.29, 1.82) is 0 Å². The van der Waals surface area contributed by atoms with Crippen molar-refractivity contribution in [1.82, 2.24) is 9.88 Å². The van der Waals surface area contributed by atoms with Crippen molar-refractivity contribution in [2.24, 2.45) is 0 Å². The van der Waals surface area contributed by atoms with Crippen LogP contribution in [0.5, 0.6) is 5.88 Å². The Kier molecular flexibility index (Phi) is 5.68. The Morgan fingerprint density at radius 1 is 1.12 bits per heavy atom. The normalized spacial score (nSPS) is 23.0. The van der Waals surface area contributed by atoms with Gasteiger partial charge in [-0.1, -0.05) is 6.07 Å². The highest BCUT2D eigenvalue weighted by Crippen LogP contribution is 2.36. The van der Waals surface area contributed by atoms with Gasteiger partial charge in [-0.3, -0.25) is 4.90 Å². The van der Waals surface area contributed by atoms with Gasteiger partial charge in [0.2, 0.25) is 5.88 Å². The second-order valence-corrected chi connectivity index (χ2v) is 7.67. The molecule has 2 aliphatic heterocycles. The van der Waals surface area contributed by atoms with E-state index in [9.17, 15) is 0 Å². The Morgan fingerprint density at radius 2 is 1.80 bits per heavy atom. The summed E-state index contributed by atoms with van der Waals surface area (Å²) in [5.41, 5.74) is 0.234. The first kappa shape index (κ1) is 18.6. The SMILES string of the molecule is CC1(C)OB(c2ccc(OCCCN3CCOCC3)nc2)OC1(C)C. The fraction of sp³-hybridized carbons (Fsp3) is 0.722. The summed E-state index contributed by atoms with van der Waals surface area (Å²) in [4.78, 5) is 6.79. The molecule has 3 rings (SSSR count). The maximum absolute atomic E-state index is 6.04. The van der Waals surface area contributed by atoms with Crippen molar-refractivity contribution < 1.29 is 18.8 Å². The van der Waals surface area contributed by atoms with Crippen molar-refractivity contribution in [2.75, 3.05) is 39.5 Å². The number of morpholine rings is 1. The average Bonchev–Trinajstić information content (AvgIpc) is 2.81. The first-order chi connectivity index (χ1) is 11.9. The highest BCUT2D eigenvalue weighted by molar-refractivity contribution is 6.62. The molecule has 138 valence electrons.